The van der Waals surface area contributed by atoms with Crippen molar-refractivity contribution in [2.45, 2.75) is 64.0 Å². The Morgan fingerprint density at radius 1 is 1.05 bits per heavy atom. The summed E-state index contributed by atoms with van der Waals surface area (Å²) in [7, 11) is 0. The van der Waals surface area contributed by atoms with E-state index in [1.54, 1.807) is 0 Å². The number of amides is 1. The lowest BCUT2D eigenvalue weighted by Gasteiger charge is -2.39. The maximum Gasteiger partial charge on any atom is 0.239 e. The van der Waals surface area contributed by atoms with Crippen LogP contribution in [0.1, 0.15) is 51.9 Å². The Bertz CT molecular complexity index is 348. The molecule has 3 rings (SSSR count). The van der Waals surface area contributed by atoms with Gasteiger partial charge in [-0.05, 0) is 77.4 Å². The lowest BCUT2D eigenvalue weighted by atomic mass is 9.89. The number of likely N-dealkylation sites (tertiary alicyclic amines) is 2. The second-order valence-electron chi connectivity index (χ2n) is 7.12. The van der Waals surface area contributed by atoms with Crippen LogP contribution in [0.15, 0.2) is 0 Å². The fraction of sp³-hybridized carbons (Fsp3) is 0.941. The number of piperidine rings is 2. The molecule has 1 N–H and O–H groups in total. The molecule has 0 aromatic carbocycles. The van der Waals surface area contributed by atoms with Crippen LogP contribution in [0.4, 0.5) is 0 Å². The van der Waals surface area contributed by atoms with E-state index in [4.69, 9.17) is 0 Å². The van der Waals surface area contributed by atoms with E-state index in [2.05, 4.69) is 22.0 Å². The molecule has 3 saturated heterocycles. The maximum atomic E-state index is 12.8. The van der Waals surface area contributed by atoms with Crippen molar-refractivity contribution in [3.63, 3.8) is 0 Å². The first-order valence-electron chi connectivity index (χ1n) is 9.02. The summed E-state index contributed by atoms with van der Waals surface area (Å²) in [5.41, 5.74) is 0. The minimum absolute atomic E-state index is 0.0810. The van der Waals surface area contributed by atoms with Crippen molar-refractivity contribution in [1.82, 2.24) is 15.1 Å². The van der Waals surface area contributed by atoms with Crippen LogP contribution in [0.5, 0.6) is 0 Å². The van der Waals surface area contributed by atoms with Gasteiger partial charge in [-0.25, -0.2) is 0 Å². The topological polar surface area (TPSA) is 35.6 Å². The Morgan fingerprint density at radius 3 is 2.57 bits per heavy atom. The number of nitrogens with one attached hydrogen (secondary N) is 1. The Balaban J connectivity index is 1.61. The zero-order valence-corrected chi connectivity index (χ0v) is 13.5. The van der Waals surface area contributed by atoms with E-state index in [9.17, 15) is 4.79 Å². The molecule has 4 heteroatoms. The van der Waals surface area contributed by atoms with Gasteiger partial charge in [0.1, 0.15) is 0 Å². The fourth-order valence-corrected chi connectivity index (χ4v) is 4.53. The van der Waals surface area contributed by atoms with Crippen LogP contribution >= 0.6 is 0 Å². The Morgan fingerprint density at radius 2 is 1.86 bits per heavy atom. The number of hydrogen-bond donors (Lipinski definition) is 1. The molecule has 0 saturated carbocycles. The molecule has 0 spiro atoms. The van der Waals surface area contributed by atoms with Crippen LogP contribution in [0.2, 0.25) is 0 Å². The highest BCUT2D eigenvalue weighted by Crippen LogP contribution is 2.30. The van der Waals surface area contributed by atoms with E-state index in [0.29, 0.717) is 11.9 Å². The van der Waals surface area contributed by atoms with E-state index in [1.165, 1.54) is 51.5 Å². The third-order valence-electron chi connectivity index (χ3n) is 5.74. The number of carbonyl (C=O) groups is 1. The first-order valence-corrected chi connectivity index (χ1v) is 9.02. The zero-order chi connectivity index (χ0) is 14.7. The summed E-state index contributed by atoms with van der Waals surface area (Å²) in [5.74, 6) is 1.13. The van der Waals surface area contributed by atoms with Gasteiger partial charge in [-0.1, -0.05) is 0 Å². The quantitative estimate of drug-likeness (QED) is 0.862. The van der Waals surface area contributed by atoms with Crippen LogP contribution in [0, 0.1) is 5.92 Å². The van der Waals surface area contributed by atoms with Crippen molar-refractivity contribution in [2.24, 2.45) is 5.92 Å². The van der Waals surface area contributed by atoms with Crippen molar-refractivity contribution in [2.75, 3.05) is 32.7 Å². The molecular formula is C17H31N3O. The molecule has 0 aromatic rings. The van der Waals surface area contributed by atoms with Gasteiger partial charge in [0, 0.05) is 19.1 Å². The van der Waals surface area contributed by atoms with Gasteiger partial charge in [-0.2, -0.15) is 0 Å². The standard InChI is InChI=1S/C17H31N3O/c1-14(17(21)19-10-3-2-4-11-19)20-12-6-8-16(20)15-7-5-9-18-13-15/h14-16,18H,2-13H2,1H3. The van der Waals surface area contributed by atoms with Crippen LogP contribution in [0.25, 0.3) is 0 Å². The first-order chi connectivity index (χ1) is 10.3. The third kappa shape index (κ3) is 3.42. The van der Waals surface area contributed by atoms with Crippen LogP contribution in [0.3, 0.4) is 0 Å². The fourth-order valence-electron chi connectivity index (χ4n) is 4.53. The smallest absolute Gasteiger partial charge is 0.239 e. The summed E-state index contributed by atoms with van der Waals surface area (Å²) in [5, 5.41) is 3.54. The number of hydrogen-bond acceptors (Lipinski definition) is 3. The molecule has 3 aliphatic rings. The van der Waals surface area contributed by atoms with Crippen LogP contribution < -0.4 is 5.32 Å². The highest BCUT2D eigenvalue weighted by atomic mass is 16.2. The molecule has 4 nitrogen and oxygen atoms in total. The number of rotatable bonds is 3. The lowest BCUT2D eigenvalue weighted by Crippen LogP contribution is -2.53. The van der Waals surface area contributed by atoms with E-state index in [0.717, 1.165) is 32.1 Å². The van der Waals surface area contributed by atoms with Gasteiger partial charge in [-0.3, -0.25) is 9.69 Å². The highest BCUT2D eigenvalue weighted by molar-refractivity contribution is 5.81. The van der Waals surface area contributed by atoms with Gasteiger partial charge >= 0.3 is 0 Å². The Hall–Kier alpha value is -0.610. The summed E-state index contributed by atoms with van der Waals surface area (Å²) >= 11 is 0. The summed E-state index contributed by atoms with van der Waals surface area (Å²) in [6.45, 7) is 7.53. The summed E-state index contributed by atoms with van der Waals surface area (Å²) in [4.78, 5) is 17.4. The molecule has 0 bridgehead atoms. The van der Waals surface area contributed by atoms with E-state index < -0.39 is 0 Å². The molecule has 3 fully saturated rings. The number of carbonyl (C=O) groups excluding carboxylic acids is 1. The molecule has 0 radical (unpaired) electrons. The average Bonchev–Trinajstić information content (AvgIpc) is 3.04. The first kappa shape index (κ1) is 15.3. The minimum Gasteiger partial charge on any atom is -0.341 e. The summed E-state index contributed by atoms with van der Waals surface area (Å²) < 4.78 is 0. The predicted octanol–water partition coefficient (Wildman–Crippen LogP) is 1.85. The van der Waals surface area contributed by atoms with Crippen LogP contribution in [-0.2, 0) is 4.79 Å². The highest BCUT2D eigenvalue weighted by Gasteiger charge is 2.38. The van der Waals surface area contributed by atoms with Gasteiger partial charge in [0.05, 0.1) is 6.04 Å². The Kier molecular flexibility index (Phi) is 5.17. The van der Waals surface area contributed by atoms with Crippen molar-refractivity contribution in [1.29, 1.82) is 0 Å². The molecule has 0 aliphatic carbocycles. The molecule has 120 valence electrons. The summed E-state index contributed by atoms with van der Waals surface area (Å²) in [6.07, 6.45) is 8.84. The van der Waals surface area contributed by atoms with Crippen molar-refractivity contribution < 1.29 is 4.79 Å². The van der Waals surface area contributed by atoms with E-state index >= 15 is 0 Å². The van der Waals surface area contributed by atoms with Gasteiger partial charge in [0.15, 0.2) is 0 Å². The molecule has 3 atom stereocenters. The second kappa shape index (κ2) is 7.10. The average molecular weight is 293 g/mol. The second-order valence-corrected chi connectivity index (χ2v) is 7.12. The molecule has 0 aromatic heterocycles. The monoisotopic (exact) mass is 293 g/mol. The van der Waals surface area contributed by atoms with Gasteiger partial charge in [-0.15, -0.1) is 0 Å². The molecule has 3 unspecified atom stereocenters. The predicted molar refractivity (Wildman–Crippen MR) is 85.2 cm³/mol. The van der Waals surface area contributed by atoms with Crippen molar-refractivity contribution >= 4 is 5.91 Å². The molecule has 1 amide bonds. The van der Waals surface area contributed by atoms with Crippen LogP contribution in [-0.4, -0.2) is 60.5 Å². The number of nitrogens with zero attached hydrogens (tertiary/aromatic N) is 2. The zero-order valence-electron chi connectivity index (χ0n) is 13.5. The normalized spacial score (nSPS) is 33.1. The largest absolute Gasteiger partial charge is 0.341 e. The minimum atomic E-state index is 0.0810. The van der Waals surface area contributed by atoms with E-state index in [-0.39, 0.29) is 6.04 Å². The van der Waals surface area contributed by atoms with Gasteiger partial charge in [0.2, 0.25) is 5.91 Å². The van der Waals surface area contributed by atoms with Gasteiger partial charge < -0.3 is 10.2 Å². The lowest BCUT2D eigenvalue weighted by molar-refractivity contribution is -0.138. The maximum absolute atomic E-state index is 12.8. The SMILES string of the molecule is CC(C(=O)N1CCCCC1)N1CCCC1C1CCCNC1. The molecular weight excluding hydrogens is 262 g/mol. The van der Waals surface area contributed by atoms with Crippen molar-refractivity contribution in [3.05, 3.63) is 0 Å². The van der Waals surface area contributed by atoms with Crippen molar-refractivity contribution in [3.8, 4) is 0 Å². The molecule has 21 heavy (non-hydrogen) atoms. The molecule has 3 aliphatic heterocycles. The van der Waals surface area contributed by atoms with Gasteiger partial charge in [0.25, 0.3) is 0 Å². The third-order valence-corrected chi connectivity index (χ3v) is 5.74. The Labute approximate surface area is 129 Å². The molecule has 3 heterocycles. The van der Waals surface area contributed by atoms with E-state index in [1.807, 2.05) is 0 Å². The summed E-state index contributed by atoms with van der Waals surface area (Å²) in [6, 6.07) is 0.707.